The maximum Gasteiger partial charge on any atom is 0.264 e. The van der Waals surface area contributed by atoms with Gasteiger partial charge in [-0.05, 0) is 49.1 Å². The van der Waals surface area contributed by atoms with Gasteiger partial charge in [-0.25, -0.2) is 9.97 Å². The third kappa shape index (κ3) is 4.40. The molecule has 2 aromatic rings. The minimum absolute atomic E-state index is 0.0875. The number of anilines is 2. The van der Waals surface area contributed by atoms with E-state index >= 15 is 0 Å². The Morgan fingerprint density at radius 3 is 2.59 bits per heavy atom. The standard InChI is InChI=1S/C21H21ClN6O4/c22-21-25-11-8-15(26-21)24-10-2-1-9-23-13-5-3-4-12-17(13)20(32)28(19(12)31)14-6-7-16(29)27-18(14)30/h3-5,8,11,14,23H,1-2,6-7,9-10H2,(H,24,25,26)(H,27,29,30). The highest BCUT2D eigenvalue weighted by Crippen LogP contribution is 2.32. The number of carbonyl (C=O) groups excluding carboxylic acids is 4. The molecule has 0 spiro atoms. The van der Waals surface area contributed by atoms with E-state index in [1.54, 1.807) is 30.5 Å². The molecule has 1 aromatic heterocycles. The van der Waals surface area contributed by atoms with Gasteiger partial charge in [0.05, 0.1) is 11.1 Å². The summed E-state index contributed by atoms with van der Waals surface area (Å²) < 4.78 is 0. The first-order valence-corrected chi connectivity index (χ1v) is 10.6. The molecule has 32 heavy (non-hydrogen) atoms. The smallest absolute Gasteiger partial charge is 0.264 e. The molecule has 1 unspecified atom stereocenters. The monoisotopic (exact) mass is 456 g/mol. The minimum atomic E-state index is -0.977. The van der Waals surface area contributed by atoms with Crippen molar-refractivity contribution in [2.75, 3.05) is 23.7 Å². The average molecular weight is 457 g/mol. The van der Waals surface area contributed by atoms with Crippen LogP contribution in [0.1, 0.15) is 46.4 Å². The summed E-state index contributed by atoms with van der Waals surface area (Å²) in [6.45, 7) is 1.27. The number of hydrogen-bond acceptors (Lipinski definition) is 8. The first kappa shape index (κ1) is 21.7. The van der Waals surface area contributed by atoms with Crippen LogP contribution in [-0.2, 0) is 9.59 Å². The molecule has 166 valence electrons. The number of halogens is 1. The summed E-state index contributed by atoms with van der Waals surface area (Å²) in [6, 6.07) is 5.76. The summed E-state index contributed by atoms with van der Waals surface area (Å²) in [4.78, 5) is 58.3. The van der Waals surface area contributed by atoms with Crippen molar-refractivity contribution in [3.8, 4) is 0 Å². The first-order chi connectivity index (χ1) is 15.5. The lowest BCUT2D eigenvalue weighted by Crippen LogP contribution is -2.54. The Morgan fingerprint density at radius 1 is 1.06 bits per heavy atom. The molecule has 0 radical (unpaired) electrons. The lowest BCUT2D eigenvalue weighted by Gasteiger charge is -2.27. The average Bonchev–Trinajstić information content (AvgIpc) is 3.02. The number of carbonyl (C=O) groups is 4. The number of unbranched alkanes of at least 4 members (excludes halogenated alkanes) is 1. The Labute approximate surface area is 188 Å². The summed E-state index contributed by atoms with van der Waals surface area (Å²) in [5, 5.41) is 8.75. The van der Waals surface area contributed by atoms with Gasteiger partial charge in [0, 0.05) is 31.4 Å². The lowest BCUT2D eigenvalue weighted by atomic mass is 10.0. The Balaban J connectivity index is 1.34. The lowest BCUT2D eigenvalue weighted by molar-refractivity contribution is -0.136. The Hall–Kier alpha value is -3.53. The molecule has 2 aliphatic rings. The highest BCUT2D eigenvalue weighted by atomic mass is 35.5. The molecule has 4 rings (SSSR count). The summed E-state index contributed by atoms with van der Waals surface area (Å²) >= 11 is 5.75. The quantitative estimate of drug-likeness (QED) is 0.311. The molecule has 1 aromatic carbocycles. The zero-order valence-corrected chi connectivity index (χ0v) is 17.8. The van der Waals surface area contributed by atoms with Crippen LogP contribution in [0.25, 0.3) is 0 Å². The fourth-order valence-corrected chi connectivity index (χ4v) is 3.93. The molecule has 3 N–H and O–H groups in total. The van der Waals surface area contributed by atoms with Crippen LogP contribution in [0.3, 0.4) is 0 Å². The number of hydrogen-bond donors (Lipinski definition) is 3. The van der Waals surface area contributed by atoms with Gasteiger partial charge in [-0.15, -0.1) is 0 Å². The molecule has 3 heterocycles. The predicted molar refractivity (Wildman–Crippen MR) is 116 cm³/mol. The maximum atomic E-state index is 13.0. The van der Waals surface area contributed by atoms with Gasteiger partial charge < -0.3 is 10.6 Å². The number of imide groups is 2. The fourth-order valence-electron chi connectivity index (χ4n) is 3.79. The van der Waals surface area contributed by atoms with Crippen molar-refractivity contribution in [2.24, 2.45) is 0 Å². The van der Waals surface area contributed by atoms with Crippen LogP contribution >= 0.6 is 11.6 Å². The van der Waals surface area contributed by atoms with Gasteiger partial charge in [0.1, 0.15) is 11.9 Å². The second kappa shape index (κ2) is 9.31. The first-order valence-electron chi connectivity index (χ1n) is 10.3. The van der Waals surface area contributed by atoms with E-state index in [0.29, 0.717) is 24.6 Å². The summed E-state index contributed by atoms with van der Waals surface area (Å²) in [7, 11) is 0. The second-order valence-corrected chi connectivity index (χ2v) is 7.78. The molecule has 1 saturated heterocycles. The largest absolute Gasteiger partial charge is 0.384 e. The molecule has 2 aliphatic heterocycles. The number of rotatable bonds is 8. The SMILES string of the molecule is O=C1CCC(N2C(=O)c3cccc(NCCCCNc4ccnc(Cl)n4)c3C2=O)C(=O)N1. The van der Waals surface area contributed by atoms with Crippen molar-refractivity contribution in [1.82, 2.24) is 20.2 Å². The third-order valence-electron chi connectivity index (χ3n) is 5.32. The van der Waals surface area contributed by atoms with E-state index in [1.807, 2.05) is 0 Å². The Kier molecular flexibility index (Phi) is 6.31. The van der Waals surface area contributed by atoms with Crippen LogP contribution in [-0.4, -0.2) is 57.6 Å². The zero-order chi connectivity index (χ0) is 22.7. The van der Waals surface area contributed by atoms with Crippen LogP contribution in [0.15, 0.2) is 30.5 Å². The number of nitrogens with one attached hydrogen (secondary N) is 3. The van der Waals surface area contributed by atoms with Gasteiger partial charge in [0.2, 0.25) is 17.1 Å². The van der Waals surface area contributed by atoms with E-state index in [0.717, 1.165) is 17.7 Å². The van der Waals surface area contributed by atoms with Crippen molar-refractivity contribution in [2.45, 2.75) is 31.7 Å². The number of nitrogens with zero attached hydrogens (tertiary/aromatic N) is 3. The molecule has 0 saturated carbocycles. The van der Waals surface area contributed by atoms with Gasteiger partial charge in [-0.2, -0.15) is 0 Å². The van der Waals surface area contributed by atoms with Gasteiger partial charge in [0.25, 0.3) is 11.8 Å². The molecule has 1 atom stereocenters. The molecule has 1 fully saturated rings. The van der Waals surface area contributed by atoms with Crippen molar-refractivity contribution in [3.63, 3.8) is 0 Å². The van der Waals surface area contributed by atoms with E-state index in [4.69, 9.17) is 11.6 Å². The van der Waals surface area contributed by atoms with Crippen LogP contribution in [0, 0.1) is 0 Å². The number of fused-ring (bicyclic) bond motifs is 1. The zero-order valence-electron chi connectivity index (χ0n) is 17.1. The Bertz CT molecular complexity index is 1090. The summed E-state index contributed by atoms with van der Waals surface area (Å²) in [5.74, 6) is -1.41. The highest BCUT2D eigenvalue weighted by molar-refractivity contribution is 6.28. The molecular formula is C21H21ClN6O4. The van der Waals surface area contributed by atoms with Gasteiger partial charge >= 0.3 is 0 Å². The van der Waals surface area contributed by atoms with E-state index in [2.05, 4.69) is 25.9 Å². The van der Waals surface area contributed by atoms with Crippen molar-refractivity contribution in [3.05, 3.63) is 46.9 Å². The number of amides is 4. The maximum absolute atomic E-state index is 13.0. The van der Waals surface area contributed by atoms with Crippen molar-refractivity contribution < 1.29 is 19.2 Å². The van der Waals surface area contributed by atoms with E-state index in [-0.39, 0.29) is 29.3 Å². The molecular weight excluding hydrogens is 436 g/mol. The molecule has 11 heteroatoms. The minimum Gasteiger partial charge on any atom is -0.384 e. The Morgan fingerprint density at radius 2 is 1.84 bits per heavy atom. The van der Waals surface area contributed by atoms with Gasteiger partial charge in [-0.3, -0.25) is 29.4 Å². The molecule has 0 bridgehead atoms. The van der Waals surface area contributed by atoms with Gasteiger partial charge in [-0.1, -0.05) is 6.07 Å². The second-order valence-electron chi connectivity index (χ2n) is 7.45. The molecule has 4 amide bonds. The third-order valence-corrected chi connectivity index (χ3v) is 5.50. The van der Waals surface area contributed by atoms with Crippen LogP contribution in [0.2, 0.25) is 5.28 Å². The van der Waals surface area contributed by atoms with E-state index < -0.39 is 29.7 Å². The normalized spacial score (nSPS) is 17.9. The van der Waals surface area contributed by atoms with Crippen LogP contribution < -0.4 is 16.0 Å². The highest BCUT2D eigenvalue weighted by Gasteiger charge is 2.45. The number of piperidine rings is 1. The fraction of sp³-hybridized carbons (Fsp3) is 0.333. The number of benzene rings is 1. The topological polar surface area (TPSA) is 133 Å². The summed E-state index contributed by atoms with van der Waals surface area (Å²) in [6.07, 6.45) is 3.42. The van der Waals surface area contributed by atoms with Crippen LogP contribution in [0.4, 0.5) is 11.5 Å². The van der Waals surface area contributed by atoms with E-state index in [1.165, 1.54) is 0 Å². The number of aromatic nitrogens is 2. The predicted octanol–water partition coefficient (Wildman–Crippen LogP) is 1.84. The van der Waals surface area contributed by atoms with Crippen molar-refractivity contribution >= 4 is 46.7 Å². The molecule has 10 nitrogen and oxygen atoms in total. The van der Waals surface area contributed by atoms with Crippen LogP contribution in [0.5, 0.6) is 0 Å². The van der Waals surface area contributed by atoms with Crippen molar-refractivity contribution in [1.29, 1.82) is 0 Å². The van der Waals surface area contributed by atoms with E-state index in [9.17, 15) is 19.2 Å². The summed E-state index contributed by atoms with van der Waals surface area (Å²) in [5.41, 5.74) is 1.06. The van der Waals surface area contributed by atoms with Gasteiger partial charge in [0.15, 0.2) is 0 Å². The molecule has 0 aliphatic carbocycles.